The van der Waals surface area contributed by atoms with Crippen LogP contribution in [0.25, 0.3) is 0 Å². The highest BCUT2D eigenvalue weighted by Crippen LogP contribution is 2.19. The third kappa shape index (κ3) is 32.8. The first kappa shape index (κ1) is 69.6. The van der Waals surface area contributed by atoms with Crippen molar-refractivity contribution in [3.8, 4) is 11.5 Å². The van der Waals surface area contributed by atoms with Gasteiger partial charge in [-0.3, -0.25) is 46.6 Å². The number of H-pyrrole nitrogens is 4. The number of anilines is 4. The molecule has 4 heterocycles. The molecule has 0 atom stereocenters. The Hall–Kier alpha value is -10.4. The number of nitrogens with one attached hydrogen (secondary N) is 10. The van der Waals surface area contributed by atoms with Crippen LogP contribution in [0.15, 0.2) is 48.5 Å². The number of carbonyl (C=O) groups is 6. The number of nitrogens with zero attached hydrogens (tertiary/aromatic N) is 16. The fourth-order valence-corrected chi connectivity index (χ4v) is 4.11. The second-order valence-corrected chi connectivity index (χ2v) is 15.8. The molecule has 0 fully saturated rings. The molecule has 7 amide bonds. The van der Waals surface area contributed by atoms with Crippen LogP contribution in [0.4, 0.5) is 63.9 Å². The molecule has 80 heavy (non-hydrogen) atoms. The van der Waals surface area contributed by atoms with Crippen LogP contribution in [0.2, 0.25) is 0 Å². The highest BCUT2D eigenvalue weighted by atomic mass is 35.5. The maximum atomic E-state index is 11.8. The highest BCUT2D eigenvalue weighted by molar-refractivity contribution is 6.61. The first-order valence-corrected chi connectivity index (χ1v) is 22.2. The van der Waals surface area contributed by atoms with Crippen LogP contribution in [0.1, 0.15) is 62.3 Å². The molecule has 0 aliphatic rings. The number of amides is 7. The molecule has 6 rings (SSSR count). The third-order valence-electron chi connectivity index (χ3n) is 7.11. The van der Waals surface area contributed by atoms with E-state index in [1.807, 2.05) is 27.7 Å². The average molecular weight is 1180 g/mol. The van der Waals surface area contributed by atoms with E-state index in [0.29, 0.717) is 13.1 Å². The summed E-state index contributed by atoms with van der Waals surface area (Å²) in [5, 5.41) is 78.9. The number of urea groups is 2. The second kappa shape index (κ2) is 36.6. The number of carbonyl (C=O) groups excluding carboxylic acids is 6. The first-order valence-electron chi connectivity index (χ1n) is 21.8. The molecule has 0 saturated heterocycles. The van der Waals surface area contributed by atoms with Gasteiger partial charge in [0.2, 0.25) is 0 Å². The maximum Gasteiger partial charge on any atom is 0.426 e. The van der Waals surface area contributed by atoms with Crippen LogP contribution in [0, 0.1) is 20.2 Å². The summed E-state index contributed by atoms with van der Waals surface area (Å²) in [4.78, 5) is 86.2. The fourth-order valence-electron chi connectivity index (χ4n) is 4.02. The molecule has 0 saturated carbocycles. The number of non-ortho nitro benzene ring substituents is 2. The Morgan fingerprint density at radius 2 is 1.02 bits per heavy atom. The predicted molar refractivity (Wildman–Crippen MR) is 275 cm³/mol. The van der Waals surface area contributed by atoms with Crippen molar-refractivity contribution in [2.45, 2.75) is 73.5 Å². The summed E-state index contributed by atoms with van der Waals surface area (Å²) in [6.07, 6.45) is -2.00. The van der Waals surface area contributed by atoms with Gasteiger partial charge in [-0.1, -0.05) is 27.3 Å². The van der Waals surface area contributed by atoms with Gasteiger partial charge in [-0.05, 0) is 101 Å². The van der Waals surface area contributed by atoms with Crippen molar-refractivity contribution in [3.63, 3.8) is 0 Å². The van der Waals surface area contributed by atoms with Crippen molar-refractivity contribution in [2.75, 3.05) is 41.3 Å². The van der Waals surface area contributed by atoms with Crippen LogP contribution in [0.5, 0.6) is 11.5 Å². The molecule has 0 unspecified atom stereocenters. The Kier molecular flexibility index (Phi) is 31.9. The van der Waals surface area contributed by atoms with Crippen molar-refractivity contribution in [3.05, 3.63) is 68.8 Å². The van der Waals surface area contributed by atoms with Gasteiger partial charge in [-0.15, -0.1) is 32.8 Å². The smallest absolute Gasteiger partial charge is 0.426 e. The number of aromatic amines is 4. The molecule has 0 radical (unpaired) electrons. The molecule has 42 nitrogen and oxygen atoms in total. The van der Waals surface area contributed by atoms with Gasteiger partial charge in [-0.2, -0.15) is 20.9 Å². The Morgan fingerprint density at radius 3 is 1.36 bits per heavy atom. The van der Waals surface area contributed by atoms with Crippen LogP contribution in [-0.2, 0) is 9.47 Å². The minimum atomic E-state index is -0.978. The van der Waals surface area contributed by atoms with Gasteiger partial charge in [0, 0.05) is 55.5 Å². The van der Waals surface area contributed by atoms with Crippen LogP contribution in [0.3, 0.4) is 0 Å². The van der Waals surface area contributed by atoms with E-state index in [4.69, 9.17) is 37.4 Å². The van der Waals surface area contributed by atoms with Crippen molar-refractivity contribution < 1.29 is 57.6 Å². The molecule has 44 heteroatoms. The summed E-state index contributed by atoms with van der Waals surface area (Å²) in [6, 6.07) is 8.98. The molecule has 2 aromatic carbocycles. The minimum absolute atomic E-state index is 0. The highest BCUT2D eigenvalue weighted by Gasteiger charge is 2.21. The molecule has 14 N–H and O–H groups in total. The largest absolute Gasteiger partial charge is 0.443 e. The van der Waals surface area contributed by atoms with E-state index >= 15 is 0 Å². The first-order chi connectivity index (χ1) is 37.1. The van der Waals surface area contributed by atoms with Gasteiger partial charge < -0.3 is 24.7 Å². The summed E-state index contributed by atoms with van der Waals surface area (Å²) in [5.74, 6) is 5.84. The average Bonchev–Trinajstić information content (AvgIpc) is 4.24. The molecular formula is C36H56Cl2N28O14. The van der Waals surface area contributed by atoms with E-state index < -0.39 is 56.8 Å². The SMILES string of the molecule is CCN(N)C(=O)Nc1nn[nH]n1.CCN(NC(=O)OC(C)(C)C)C(=O)Nc1nn[nH]n1.CCNNC(=O)OC(C)(C)C.Cl.Nc1nn[nH]n1.O=C(Cl)Oc1ccc([N+](=O)[O-])cc1.O=C(Nc1nn[nH]n1)Oc1ccc([N+](=O)[O-])cc1. The molecule has 0 aliphatic heterocycles. The number of nitro groups is 2. The third-order valence-corrected chi connectivity index (χ3v) is 7.18. The second-order valence-electron chi connectivity index (χ2n) is 15.5. The number of tetrazole rings is 4. The fraction of sp³-hybridized carbons (Fsp3) is 0.389. The van der Waals surface area contributed by atoms with E-state index in [-0.39, 0.29) is 65.6 Å². The van der Waals surface area contributed by atoms with Gasteiger partial charge in [0.15, 0.2) is 0 Å². The van der Waals surface area contributed by atoms with Gasteiger partial charge in [0.05, 0.1) is 9.85 Å². The zero-order chi connectivity index (χ0) is 59.6. The topological polar surface area (TPSA) is 574 Å². The van der Waals surface area contributed by atoms with Crippen LogP contribution >= 0.6 is 24.0 Å². The number of rotatable bonds is 11. The Morgan fingerprint density at radius 1 is 0.613 bits per heavy atom. The van der Waals surface area contributed by atoms with E-state index in [9.17, 15) is 49.0 Å². The number of hydrazine groups is 3. The Balaban J connectivity index is 0.000000959. The maximum absolute atomic E-state index is 11.8. The Bertz CT molecular complexity index is 2730. The quantitative estimate of drug-likeness (QED) is 0.0292. The van der Waals surface area contributed by atoms with E-state index in [2.05, 4.69) is 119 Å². The lowest BCUT2D eigenvalue weighted by molar-refractivity contribution is -0.385. The molecule has 0 aliphatic carbocycles. The lowest BCUT2D eigenvalue weighted by Gasteiger charge is -2.24. The zero-order valence-corrected chi connectivity index (χ0v) is 45.1. The number of nitro benzene ring substituents is 2. The number of aromatic nitrogens is 16. The van der Waals surface area contributed by atoms with Crippen molar-refractivity contribution in [1.82, 2.24) is 109 Å². The molecular weight excluding hydrogens is 1120 g/mol. The lowest BCUT2D eigenvalue weighted by Crippen LogP contribution is -2.49. The number of nitrogen functional groups attached to an aromatic ring is 1. The van der Waals surface area contributed by atoms with E-state index in [1.165, 1.54) is 48.5 Å². The van der Waals surface area contributed by atoms with Crippen molar-refractivity contribution >= 4 is 94.9 Å². The summed E-state index contributed by atoms with van der Waals surface area (Å²) in [5.41, 5.74) is 10.1. The van der Waals surface area contributed by atoms with E-state index in [0.717, 1.165) is 10.0 Å². The van der Waals surface area contributed by atoms with E-state index in [1.54, 1.807) is 34.6 Å². The van der Waals surface area contributed by atoms with Gasteiger partial charge >= 0.3 is 35.8 Å². The number of hydrogen-bond acceptors (Lipinski definition) is 29. The number of benzene rings is 2. The number of halogens is 2. The number of nitrogens with two attached hydrogens (primary N) is 2. The minimum Gasteiger partial charge on any atom is -0.443 e. The molecule has 0 spiro atoms. The standard InChI is InChI=1S/C9H17N7O3.C8H6N6O4.C7H4ClNO4.C7H16N2O2.C4H9N7O.CH3N5.ClH/c1-5-16(13-8(18)19-9(2,3)4)7(17)10-6-11-14-15-12-6;15-8(9-7-10-12-13-11-7)18-6-3-1-5(2-4-6)14(16)17;8-7(10)13-6-3-1-5(2-4-6)9(11)12;1-5-8-9-6(10)11-7(2,3)4;1-2-11(5)4(12)6-3-7-9-10-8-3;2-1-3-5-6-4-1;/h5H2,1-4H3,(H,13,18)(H2,10,11,12,14,15,17);1-4H,(H2,9,10,11,12,13,15);1-4H;8H,5H2,1-4H3,(H,9,10);2,5H2,1H3,(H2,6,7,8,9,10,12);(H3,2,3,4,5,6);1H. The van der Waals surface area contributed by atoms with Gasteiger partial charge in [0.25, 0.3) is 35.2 Å². The van der Waals surface area contributed by atoms with Gasteiger partial charge in [-0.25, -0.2) is 50.5 Å². The normalized spacial score (nSPS) is 9.84. The van der Waals surface area contributed by atoms with Crippen LogP contribution in [-0.4, -0.2) is 169 Å². The predicted octanol–water partition coefficient (Wildman–Crippen LogP) is 2.71. The number of hydrogen-bond donors (Lipinski definition) is 12. The summed E-state index contributed by atoms with van der Waals surface area (Å²) >= 11 is 4.92. The van der Waals surface area contributed by atoms with Crippen LogP contribution < -0.4 is 53.3 Å². The summed E-state index contributed by atoms with van der Waals surface area (Å²) in [6.45, 7) is 17.3. The molecule has 0 bridgehead atoms. The molecule has 438 valence electrons. The molecule has 4 aromatic heterocycles. The summed E-state index contributed by atoms with van der Waals surface area (Å²) in [7, 11) is 0. The Labute approximate surface area is 461 Å². The number of ether oxygens (including phenoxy) is 4. The summed E-state index contributed by atoms with van der Waals surface area (Å²) < 4.78 is 19.2. The zero-order valence-electron chi connectivity index (χ0n) is 43.6. The molecule has 6 aromatic rings. The lowest BCUT2D eigenvalue weighted by atomic mass is 10.2. The van der Waals surface area contributed by atoms with Crippen molar-refractivity contribution in [1.29, 1.82) is 0 Å². The van der Waals surface area contributed by atoms with Gasteiger partial charge in [0.1, 0.15) is 22.7 Å². The monoisotopic (exact) mass is 1170 g/mol. The van der Waals surface area contributed by atoms with Crippen molar-refractivity contribution in [2.24, 2.45) is 5.84 Å².